The highest BCUT2D eigenvalue weighted by Crippen LogP contribution is 2.38. The fourth-order valence-corrected chi connectivity index (χ4v) is 2.98. The number of fused-ring (bicyclic) bond motifs is 2. The van der Waals surface area contributed by atoms with E-state index in [1.165, 1.54) is 0 Å². The Hall–Kier alpha value is -1.65. The van der Waals surface area contributed by atoms with Crippen LogP contribution in [0.15, 0.2) is 42.6 Å². The molecule has 2 aromatic rings. The summed E-state index contributed by atoms with van der Waals surface area (Å²) in [5.41, 5.74) is 4.15. The van der Waals surface area contributed by atoms with Crippen LogP contribution >= 0.6 is 15.9 Å². The Morgan fingerprint density at radius 1 is 1.30 bits per heavy atom. The zero-order valence-corrected chi connectivity index (χ0v) is 14.9. The number of hydrogen-bond donors (Lipinski definition) is 1. The van der Waals surface area contributed by atoms with Gasteiger partial charge in [0.15, 0.2) is 0 Å². The number of benzene rings is 1. The molecule has 4 heteroatoms. The Morgan fingerprint density at radius 3 is 2.87 bits per heavy atom. The van der Waals surface area contributed by atoms with E-state index in [0.29, 0.717) is 6.61 Å². The van der Waals surface area contributed by atoms with Crippen LogP contribution in [0.4, 0.5) is 0 Å². The van der Waals surface area contributed by atoms with Crippen molar-refractivity contribution in [2.75, 3.05) is 5.33 Å². The van der Waals surface area contributed by atoms with Crippen LogP contribution in [0.3, 0.4) is 0 Å². The van der Waals surface area contributed by atoms with E-state index in [4.69, 9.17) is 4.74 Å². The van der Waals surface area contributed by atoms with Crippen molar-refractivity contribution in [3.63, 3.8) is 0 Å². The molecule has 1 aromatic heterocycles. The van der Waals surface area contributed by atoms with E-state index in [1.807, 2.05) is 24.3 Å². The first-order chi connectivity index (χ1) is 11.0. The lowest BCUT2D eigenvalue weighted by molar-refractivity contribution is 0.0785. The summed E-state index contributed by atoms with van der Waals surface area (Å²) < 4.78 is 5.96. The first-order valence-corrected chi connectivity index (χ1v) is 8.83. The predicted octanol–water partition coefficient (Wildman–Crippen LogP) is 4.42. The van der Waals surface area contributed by atoms with Crippen LogP contribution in [0.25, 0.3) is 5.57 Å². The molecule has 0 fully saturated rings. The van der Waals surface area contributed by atoms with E-state index in [-0.39, 0.29) is 0 Å². The number of pyridine rings is 1. The van der Waals surface area contributed by atoms with E-state index in [1.54, 1.807) is 20.0 Å². The van der Waals surface area contributed by atoms with E-state index < -0.39 is 5.60 Å². The van der Waals surface area contributed by atoms with Crippen molar-refractivity contribution in [1.29, 1.82) is 0 Å². The number of rotatable bonds is 3. The summed E-state index contributed by atoms with van der Waals surface area (Å²) in [7, 11) is 0. The van der Waals surface area contributed by atoms with Gasteiger partial charge in [-0.05, 0) is 49.6 Å². The molecule has 2 heterocycles. The molecule has 1 N–H and O–H groups in total. The van der Waals surface area contributed by atoms with Crippen LogP contribution in [0.1, 0.15) is 42.7 Å². The first-order valence-electron chi connectivity index (χ1n) is 7.71. The minimum Gasteiger partial charge on any atom is -0.487 e. The quantitative estimate of drug-likeness (QED) is 0.809. The Balaban J connectivity index is 2.20. The molecule has 1 aromatic carbocycles. The average molecular weight is 374 g/mol. The number of aliphatic hydroxyl groups is 1. The number of halogens is 1. The van der Waals surface area contributed by atoms with Gasteiger partial charge in [-0.15, -0.1) is 0 Å². The highest BCUT2D eigenvalue weighted by atomic mass is 79.9. The van der Waals surface area contributed by atoms with Gasteiger partial charge in [0.2, 0.25) is 0 Å². The number of aromatic nitrogens is 1. The minimum absolute atomic E-state index is 0.455. The molecular weight excluding hydrogens is 354 g/mol. The van der Waals surface area contributed by atoms with Gasteiger partial charge in [0.05, 0.1) is 11.3 Å². The maximum Gasteiger partial charge on any atom is 0.131 e. The van der Waals surface area contributed by atoms with Gasteiger partial charge in [0.1, 0.15) is 12.4 Å². The summed E-state index contributed by atoms with van der Waals surface area (Å²) in [6, 6.07) is 9.92. The van der Waals surface area contributed by atoms with Crippen LogP contribution in [-0.4, -0.2) is 15.4 Å². The van der Waals surface area contributed by atoms with Gasteiger partial charge in [-0.3, -0.25) is 4.98 Å². The molecule has 0 saturated carbocycles. The Labute approximate surface area is 145 Å². The molecule has 0 amide bonds. The first kappa shape index (κ1) is 16.2. The third-order valence-electron chi connectivity index (χ3n) is 3.98. The van der Waals surface area contributed by atoms with Crippen molar-refractivity contribution in [2.24, 2.45) is 0 Å². The van der Waals surface area contributed by atoms with Crippen molar-refractivity contribution in [3.05, 3.63) is 65.0 Å². The number of nitrogens with zero attached hydrogens (tertiary/aromatic N) is 1. The second kappa shape index (κ2) is 6.46. The molecule has 0 saturated heterocycles. The molecule has 3 nitrogen and oxygen atoms in total. The molecule has 1 aliphatic rings. The highest BCUT2D eigenvalue weighted by Gasteiger charge is 2.23. The second-order valence-corrected chi connectivity index (χ2v) is 6.94. The van der Waals surface area contributed by atoms with Crippen LogP contribution in [0.2, 0.25) is 0 Å². The number of allylic oxidation sites excluding steroid dienone is 1. The minimum atomic E-state index is -0.889. The molecule has 23 heavy (non-hydrogen) atoms. The van der Waals surface area contributed by atoms with Gasteiger partial charge in [-0.25, -0.2) is 0 Å². The van der Waals surface area contributed by atoms with Gasteiger partial charge in [0, 0.05) is 22.7 Å². The standard InChI is InChI=1S/C19H20BrNO2/c1-19(2,22)13-7-8-18-16(11-13)14(5-3-9-20)15-6-4-10-21-17(15)12-23-18/h4-8,10-11,22H,3,9,12H2,1-2H3/b14-5+. The largest absolute Gasteiger partial charge is 0.487 e. The number of alkyl halides is 1. The fourth-order valence-electron chi connectivity index (χ4n) is 2.76. The van der Waals surface area contributed by atoms with E-state index in [9.17, 15) is 5.11 Å². The molecule has 0 unspecified atom stereocenters. The van der Waals surface area contributed by atoms with Crippen LogP contribution in [0, 0.1) is 0 Å². The molecule has 3 rings (SSSR count). The van der Waals surface area contributed by atoms with Crippen molar-refractivity contribution >= 4 is 21.5 Å². The average Bonchev–Trinajstić information content (AvgIpc) is 2.68. The molecule has 120 valence electrons. The normalized spacial score (nSPS) is 15.6. The maximum absolute atomic E-state index is 10.3. The van der Waals surface area contributed by atoms with E-state index in [0.717, 1.165) is 45.5 Å². The topological polar surface area (TPSA) is 42.4 Å². The smallest absolute Gasteiger partial charge is 0.131 e. The van der Waals surface area contributed by atoms with E-state index >= 15 is 0 Å². The summed E-state index contributed by atoms with van der Waals surface area (Å²) in [4.78, 5) is 4.46. The monoisotopic (exact) mass is 373 g/mol. The maximum atomic E-state index is 10.3. The van der Waals surface area contributed by atoms with E-state index in [2.05, 4.69) is 33.1 Å². The lowest BCUT2D eigenvalue weighted by Crippen LogP contribution is -2.15. The molecule has 0 bridgehead atoms. The van der Waals surface area contributed by atoms with Crippen LogP contribution in [0.5, 0.6) is 5.75 Å². The van der Waals surface area contributed by atoms with Gasteiger partial charge in [-0.2, -0.15) is 0 Å². The summed E-state index contributed by atoms with van der Waals surface area (Å²) >= 11 is 3.49. The molecule has 0 radical (unpaired) electrons. The van der Waals surface area contributed by atoms with Crippen molar-refractivity contribution < 1.29 is 9.84 Å². The van der Waals surface area contributed by atoms with Crippen molar-refractivity contribution in [1.82, 2.24) is 4.98 Å². The Morgan fingerprint density at radius 2 is 2.13 bits per heavy atom. The lowest BCUT2D eigenvalue weighted by atomic mass is 9.90. The Bertz CT molecular complexity index is 747. The number of ether oxygens (including phenoxy) is 1. The molecule has 1 aliphatic heterocycles. The molecule has 0 atom stereocenters. The third-order valence-corrected chi connectivity index (χ3v) is 4.44. The van der Waals surface area contributed by atoms with Gasteiger partial charge >= 0.3 is 0 Å². The second-order valence-electron chi connectivity index (χ2n) is 6.15. The molecule has 0 aliphatic carbocycles. The zero-order valence-electron chi connectivity index (χ0n) is 13.3. The predicted molar refractivity (Wildman–Crippen MR) is 95.7 cm³/mol. The van der Waals surface area contributed by atoms with Gasteiger partial charge in [0.25, 0.3) is 0 Å². The summed E-state index contributed by atoms with van der Waals surface area (Å²) in [5, 5.41) is 11.2. The van der Waals surface area contributed by atoms with Gasteiger partial charge in [-0.1, -0.05) is 34.1 Å². The fraction of sp³-hybridized carbons (Fsp3) is 0.316. The third kappa shape index (κ3) is 3.33. The van der Waals surface area contributed by atoms with Gasteiger partial charge < -0.3 is 9.84 Å². The molecular formula is C19H20BrNO2. The highest BCUT2D eigenvalue weighted by molar-refractivity contribution is 9.09. The zero-order chi connectivity index (χ0) is 16.4. The van der Waals surface area contributed by atoms with Crippen molar-refractivity contribution in [2.45, 2.75) is 32.5 Å². The van der Waals surface area contributed by atoms with Crippen LogP contribution < -0.4 is 4.74 Å². The van der Waals surface area contributed by atoms with Crippen molar-refractivity contribution in [3.8, 4) is 5.75 Å². The van der Waals surface area contributed by atoms with Crippen LogP contribution in [-0.2, 0) is 12.2 Å². The lowest BCUT2D eigenvalue weighted by Gasteiger charge is -2.20. The summed E-state index contributed by atoms with van der Waals surface area (Å²) in [6.07, 6.45) is 4.91. The Kier molecular flexibility index (Phi) is 4.55. The summed E-state index contributed by atoms with van der Waals surface area (Å²) in [6.45, 7) is 4.05. The number of hydrogen-bond acceptors (Lipinski definition) is 3. The SMILES string of the molecule is CC(C)(O)c1ccc2c(c1)/C(=C/CCBr)c1cccnc1CO2. The molecule has 0 spiro atoms. The summed E-state index contributed by atoms with van der Waals surface area (Å²) in [5.74, 6) is 0.830.